The summed E-state index contributed by atoms with van der Waals surface area (Å²) < 4.78 is 25.0. The highest BCUT2D eigenvalue weighted by molar-refractivity contribution is 9.08. The highest BCUT2D eigenvalue weighted by Gasteiger charge is 2.25. The van der Waals surface area contributed by atoms with Gasteiger partial charge in [0.1, 0.15) is 11.1 Å². The van der Waals surface area contributed by atoms with Gasteiger partial charge in [-0.3, -0.25) is 0 Å². The van der Waals surface area contributed by atoms with E-state index in [9.17, 15) is 8.42 Å². The zero-order valence-electron chi connectivity index (χ0n) is 10.5. The van der Waals surface area contributed by atoms with E-state index < -0.39 is 15.1 Å². The van der Waals surface area contributed by atoms with E-state index in [0.29, 0.717) is 17.1 Å². The van der Waals surface area contributed by atoms with Gasteiger partial charge in [-0.1, -0.05) is 29.8 Å². The van der Waals surface area contributed by atoms with E-state index in [2.05, 4.69) is 40.0 Å². The molecule has 17 heavy (non-hydrogen) atoms. The molecule has 0 radical (unpaired) electrons. The van der Waals surface area contributed by atoms with Gasteiger partial charge in [0.05, 0.1) is 5.33 Å². The number of rotatable bonds is 5. The Balaban J connectivity index is 3.20. The van der Waals surface area contributed by atoms with Crippen LogP contribution in [0.15, 0.2) is 0 Å². The number of sulfone groups is 1. The zero-order valence-corrected chi connectivity index (χ0v) is 12.9. The molecular formula is C10H18BrN3O2S. The third kappa shape index (κ3) is 3.51. The molecule has 1 unspecified atom stereocenters. The molecule has 0 amide bonds. The van der Waals surface area contributed by atoms with Crippen LogP contribution in [0.5, 0.6) is 0 Å². The molecule has 0 saturated carbocycles. The first kappa shape index (κ1) is 14.6. The van der Waals surface area contributed by atoms with E-state index in [1.807, 2.05) is 4.57 Å². The van der Waals surface area contributed by atoms with E-state index in [0.717, 1.165) is 12.4 Å². The fourth-order valence-electron chi connectivity index (χ4n) is 1.50. The molecule has 1 heterocycles. The van der Waals surface area contributed by atoms with Gasteiger partial charge in [0, 0.05) is 12.8 Å². The Labute approximate surface area is 111 Å². The van der Waals surface area contributed by atoms with Gasteiger partial charge in [-0.2, -0.15) is 0 Å². The van der Waals surface area contributed by atoms with Crippen molar-refractivity contribution in [3.63, 3.8) is 0 Å². The molecule has 0 aliphatic carbocycles. The summed E-state index contributed by atoms with van der Waals surface area (Å²) in [5.41, 5.74) is 0. The molecule has 0 aromatic carbocycles. The maximum absolute atomic E-state index is 11.6. The standard InChI is InChI=1S/C10H18BrN3O2S/c1-7(2)6-14-9(5-11)12-13-10(14)8(3)17(4,15)16/h7-8H,5-6H2,1-4H3. The number of hydrogen-bond acceptors (Lipinski definition) is 4. The number of nitrogens with zero attached hydrogens (tertiary/aromatic N) is 3. The monoisotopic (exact) mass is 323 g/mol. The predicted octanol–water partition coefficient (Wildman–Crippen LogP) is 1.93. The van der Waals surface area contributed by atoms with Gasteiger partial charge in [0.15, 0.2) is 15.7 Å². The van der Waals surface area contributed by atoms with Gasteiger partial charge in [-0.05, 0) is 12.8 Å². The van der Waals surface area contributed by atoms with Crippen molar-refractivity contribution in [2.24, 2.45) is 5.92 Å². The lowest BCUT2D eigenvalue weighted by molar-refractivity contribution is 0.494. The maximum atomic E-state index is 11.6. The van der Waals surface area contributed by atoms with Crippen LogP contribution in [0.1, 0.15) is 37.7 Å². The van der Waals surface area contributed by atoms with E-state index in [1.54, 1.807) is 6.92 Å². The number of hydrogen-bond donors (Lipinski definition) is 0. The van der Waals surface area contributed by atoms with Crippen molar-refractivity contribution in [1.29, 1.82) is 0 Å². The molecule has 0 saturated heterocycles. The summed E-state index contributed by atoms with van der Waals surface area (Å²) in [6, 6.07) is 0. The quantitative estimate of drug-likeness (QED) is 0.777. The summed E-state index contributed by atoms with van der Waals surface area (Å²) in [4.78, 5) is 0. The zero-order chi connectivity index (χ0) is 13.2. The third-order valence-electron chi connectivity index (χ3n) is 2.53. The first-order chi connectivity index (χ1) is 7.77. The largest absolute Gasteiger partial charge is 0.313 e. The second-order valence-corrected chi connectivity index (χ2v) is 7.51. The Bertz CT molecular complexity index is 482. The van der Waals surface area contributed by atoms with Gasteiger partial charge >= 0.3 is 0 Å². The lowest BCUT2D eigenvalue weighted by Crippen LogP contribution is -2.17. The Morgan fingerprint density at radius 1 is 1.29 bits per heavy atom. The van der Waals surface area contributed by atoms with Crippen LogP contribution in [-0.4, -0.2) is 29.4 Å². The Kier molecular flexibility index (Phi) is 4.71. The van der Waals surface area contributed by atoms with Crippen LogP contribution in [-0.2, 0) is 21.7 Å². The van der Waals surface area contributed by atoms with E-state index in [-0.39, 0.29) is 0 Å². The summed E-state index contributed by atoms with van der Waals surface area (Å²) >= 11 is 3.34. The van der Waals surface area contributed by atoms with Crippen molar-refractivity contribution in [3.8, 4) is 0 Å². The second kappa shape index (κ2) is 5.48. The molecule has 98 valence electrons. The molecule has 5 nitrogen and oxygen atoms in total. The Hall–Kier alpha value is -0.430. The molecule has 0 spiro atoms. The van der Waals surface area contributed by atoms with Gasteiger partial charge in [-0.15, -0.1) is 10.2 Å². The highest BCUT2D eigenvalue weighted by Crippen LogP contribution is 2.21. The summed E-state index contributed by atoms with van der Waals surface area (Å²) in [6.07, 6.45) is 1.22. The number of aromatic nitrogens is 3. The predicted molar refractivity (Wildman–Crippen MR) is 70.7 cm³/mol. The molecule has 7 heteroatoms. The van der Waals surface area contributed by atoms with E-state index in [1.165, 1.54) is 6.26 Å². The maximum Gasteiger partial charge on any atom is 0.157 e. The molecule has 0 bridgehead atoms. The van der Waals surface area contributed by atoms with Crippen molar-refractivity contribution >= 4 is 25.8 Å². The molecule has 0 N–H and O–H groups in total. The van der Waals surface area contributed by atoms with E-state index >= 15 is 0 Å². The Morgan fingerprint density at radius 2 is 1.88 bits per heavy atom. The Morgan fingerprint density at radius 3 is 2.29 bits per heavy atom. The van der Waals surface area contributed by atoms with Crippen LogP contribution < -0.4 is 0 Å². The van der Waals surface area contributed by atoms with Crippen LogP contribution in [0.4, 0.5) is 0 Å². The number of alkyl halides is 1. The van der Waals surface area contributed by atoms with Crippen LogP contribution in [0.3, 0.4) is 0 Å². The smallest absolute Gasteiger partial charge is 0.157 e. The molecule has 0 fully saturated rings. The minimum atomic E-state index is -3.15. The molecular weight excluding hydrogens is 306 g/mol. The van der Waals surface area contributed by atoms with Gasteiger partial charge in [0.2, 0.25) is 0 Å². The molecule has 0 aliphatic rings. The summed E-state index contributed by atoms with van der Waals surface area (Å²) in [5, 5.41) is 7.98. The van der Waals surface area contributed by atoms with Crippen LogP contribution in [0, 0.1) is 5.92 Å². The van der Waals surface area contributed by atoms with Gasteiger partial charge in [-0.25, -0.2) is 8.42 Å². The van der Waals surface area contributed by atoms with Crippen molar-refractivity contribution in [1.82, 2.24) is 14.8 Å². The fraction of sp³-hybridized carbons (Fsp3) is 0.800. The normalized spacial score (nSPS) is 14.2. The molecule has 1 aromatic rings. The minimum absolute atomic E-state index is 0.411. The fourth-order valence-corrected chi connectivity index (χ4v) is 2.48. The van der Waals surface area contributed by atoms with Gasteiger partial charge < -0.3 is 4.57 Å². The highest BCUT2D eigenvalue weighted by atomic mass is 79.9. The molecule has 1 aromatic heterocycles. The van der Waals surface area contributed by atoms with Crippen molar-refractivity contribution < 1.29 is 8.42 Å². The molecule has 1 atom stereocenters. The van der Waals surface area contributed by atoms with Crippen molar-refractivity contribution in [3.05, 3.63) is 11.6 Å². The summed E-state index contributed by atoms with van der Waals surface area (Å²) in [5.74, 6) is 1.70. The molecule has 1 rings (SSSR count). The summed E-state index contributed by atoms with van der Waals surface area (Å²) in [7, 11) is -3.15. The number of halogens is 1. The first-order valence-corrected chi connectivity index (χ1v) is 8.51. The summed E-state index contributed by atoms with van der Waals surface area (Å²) in [6.45, 7) is 6.52. The second-order valence-electron chi connectivity index (χ2n) is 4.58. The van der Waals surface area contributed by atoms with Crippen LogP contribution in [0.25, 0.3) is 0 Å². The lowest BCUT2D eigenvalue weighted by Gasteiger charge is -2.14. The topological polar surface area (TPSA) is 64.8 Å². The average Bonchev–Trinajstić information content (AvgIpc) is 2.57. The first-order valence-electron chi connectivity index (χ1n) is 5.44. The van der Waals surface area contributed by atoms with E-state index in [4.69, 9.17) is 0 Å². The minimum Gasteiger partial charge on any atom is -0.313 e. The van der Waals surface area contributed by atoms with Crippen molar-refractivity contribution in [2.45, 2.75) is 37.9 Å². The van der Waals surface area contributed by atoms with Crippen molar-refractivity contribution in [2.75, 3.05) is 6.26 Å². The van der Waals surface area contributed by atoms with Crippen LogP contribution >= 0.6 is 15.9 Å². The van der Waals surface area contributed by atoms with Crippen LogP contribution in [0.2, 0.25) is 0 Å². The SMILES string of the molecule is CC(C)Cn1c(CBr)nnc1C(C)S(C)(=O)=O. The molecule has 0 aliphatic heterocycles. The van der Waals surface area contributed by atoms with Gasteiger partial charge in [0.25, 0.3) is 0 Å². The lowest BCUT2D eigenvalue weighted by atomic mass is 10.2. The third-order valence-corrected chi connectivity index (χ3v) is 4.53. The average molecular weight is 324 g/mol.